The molecule has 3 heterocycles. The van der Waals surface area contributed by atoms with E-state index < -0.39 is 0 Å². The molecule has 38 heavy (non-hydrogen) atoms. The zero-order valence-corrected chi connectivity index (χ0v) is 21.5. The summed E-state index contributed by atoms with van der Waals surface area (Å²) in [7, 11) is 3.16. The van der Waals surface area contributed by atoms with Crippen molar-refractivity contribution in [1.82, 2.24) is 25.3 Å². The SMILES string of the molecule is COc1ccc(Nc2nc(-c3cccc(C(=O)NCCc4cc[nH]c(=O)c4)c3)nc3scnc23)cc1OC. The fourth-order valence-corrected chi connectivity index (χ4v) is 4.55. The molecule has 5 aromatic rings. The third kappa shape index (κ3) is 5.47. The van der Waals surface area contributed by atoms with Crippen molar-refractivity contribution >= 4 is 39.1 Å². The first kappa shape index (κ1) is 24.9. The van der Waals surface area contributed by atoms with Gasteiger partial charge in [0.25, 0.3) is 5.91 Å². The zero-order chi connectivity index (χ0) is 26.5. The quantitative estimate of drug-likeness (QED) is 0.260. The molecule has 3 aromatic heterocycles. The summed E-state index contributed by atoms with van der Waals surface area (Å²) < 4.78 is 10.7. The number of rotatable bonds is 9. The fraction of sp³-hybridized carbons (Fsp3) is 0.148. The van der Waals surface area contributed by atoms with Crippen LogP contribution in [0.25, 0.3) is 21.7 Å². The van der Waals surface area contributed by atoms with Crippen molar-refractivity contribution in [3.8, 4) is 22.9 Å². The second kappa shape index (κ2) is 11.1. The lowest BCUT2D eigenvalue weighted by Gasteiger charge is -2.12. The Morgan fingerprint density at radius 3 is 2.71 bits per heavy atom. The van der Waals surface area contributed by atoms with Crippen molar-refractivity contribution in [2.24, 2.45) is 0 Å². The molecule has 0 unspecified atom stereocenters. The summed E-state index contributed by atoms with van der Waals surface area (Å²) in [4.78, 5) is 41.4. The summed E-state index contributed by atoms with van der Waals surface area (Å²) in [5, 5.41) is 6.21. The van der Waals surface area contributed by atoms with Crippen molar-refractivity contribution < 1.29 is 14.3 Å². The predicted octanol–water partition coefficient (Wildman–Crippen LogP) is 4.17. The highest BCUT2D eigenvalue weighted by Crippen LogP contribution is 2.33. The van der Waals surface area contributed by atoms with Crippen LogP contribution in [0.3, 0.4) is 0 Å². The Bertz CT molecular complexity index is 1670. The first-order valence-corrected chi connectivity index (χ1v) is 12.6. The molecule has 11 heteroatoms. The van der Waals surface area contributed by atoms with Crippen molar-refractivity contribution in [2.75, 3.05) is 26.1 Å². The molecule has 0 bridgehead atoms. The van der Waals surface area contributed by atoms with Gasteiger partial charge >= 0.3 is 0 Å². The smallest absolute Gasteiger partial charge is 0.251 e. The van der Waals surface area contributed by atoms with Gasteiger partial charge in [0.05, 0.1) is 19.7 Å². The number of ether oxygens (including phenoxy) is 2. The van der Waals surface area contributed by atoms with Crippen LogP contribution in [0.4, 0.5) is 11.5 Å². The Morgan fingerprint density at radius 2 is 1.89 bits per heavy atom. The normalized spacial score (nSPS) is 10.8. The Balaban J connectivity index is 1.38. The molecule has 0 saturated carbocycles. The number of aromatic nitrogens is 4. The lowest BCUT2D eigenvalue weighted by Crippen LogP contribution is -2.26. The fourth-order valence-electron chi connectivity index (χ4n) is 3.90. The van der Waals surface area contributed by atoms with Crippen LogP contribution in [-0.2, 0) is 6.42 Å². The molecule has 192 valence electrons. The van der Waals surface area contributed by atoms with E-state index in [4.69, 9.17) is 14.5 Å². The standard InChI is InChI=1S/C27H24N6O4S/c1-36-20-7-6-19(14-21(20)37-2)31-25-23-27(38-15-30-23)33-24(32-25)17-4-3-5-18(13-17)26(35)29-11-9-16-8-10-28-22(34)12-16/h3-8,10,12-15H,9,11H2,1-2H3,(H,28,34)(H,29,35)(H,31,32,33). The Hall–Kier alpha value is -4.77. The van der Waals surface area contributed by atoms with E-state index in [1.807, 2.05) is 24.3 Å². The Labute approximate surface area is 221 Å². The van der Waals surface area contributed by atoms with Crippen LogP contribution in [0.2, 0.25) is 0 Å². The third-order valence-corrected chi connectivity index (χ3v) is 6.48. The van der Waals surface area contributed by atoms with Crippen LogP contribution in [0.15, 0.2) is 71.1 Å². The van der Waals surface area contributed by atoms with Crippen LogP contribution in [0.5, 0.6) is 11.5 Å². The minimum atomic E-state index is -0.223. The number of aromatic amines is 1. The van der Waals surface area contributed by atoms with E-state index in [1.165, 1.54) is 17.4 Å². The number of amides is 1. The average Bonchev–Trinajstić information content (AvgIpc) is 3.42. The number of hydrogen-bond acceptors (Lipinski definition) is 9. The number of methoxy groups -OCH3 is 2. The van der Waals surface area contributed by atoms with Gasteiger partial charge in [-0.2, -0.15) is 0 Å². The summed E-state index contributed by atoms with van der Waals surface area (Å²) in [5.41, 5.74) is 4.96. The Kier molecular flexibility index (Phi) is 7.27. The Morgan fingerprint density at radius 1 is 1.03 bits per heavy atom. The molecular formula is C27H24N6O4S. The van der Waals surface area contributed by atoms with E-state index in [-0.39, 0.29) is 11.5 Å². The highest BCUT2D eigenvalue weighted by molar-refractivity contribution is 7.16. The molecule has 3 N–H and O–H groups in total. The summed E-state index contributed by atoms with van der Waals surface area (Å²) in [6.07, 6.45) is 2.14. The van der Waals surface area contributed by atoms with Gasteiger partial charge in [0, 0.05) is 41.7 Å². The number of thiazole rings is 1. The first-order chi connectivity index (χ1) is 18.5. The molecule has 2 aromatic carbocycles. The van der Waals surface area contributed by atoms with Gasteiger partial charge in [-0.05, 0) is 42.3 Å². The monoisotopic (exact) mass is 528 g/mol. The maximum absolute atomic E-state index is 12.8. The molecular weight excluding hydrogens is 504 g/mol. The zero-order valence-electron chi connectivity index (χ0n) is 20.6. The first-order valence-electron chi connectivity index (χ1n) is 11.7. The highest BCUT2D eigenvalue weighted by atomic mass is 32.1. The summed E-state index contributed by atoms with van der Waals surface area (Å²) in [6.45, 7) is 0.398. The van der Waals surface area contributed by atoms with Crippen LogP contribution in [0.1, 0.15) is 15.9 Å². The number of carbonyl (C=O) groups is 1. The van der Waals surface area contributed by atoms with Crippen molar-refractivity contribution in [3.63, 3.8) is 0 Å². The molecule has 0 aliphatic heterocycles. The van der Waals surface area contributed by atoms with Crippen molar-refractivity contribution in [3.05, 3.63) is 87.8 Å². The second-order valence-electron chi connectivity index (χ2n) is 8.24. The summed E-state index contributed by atoms with van der Waals surface area (Å²) in [5.74, 6) is 1.97. The molecule has 0 fully saturated rings. The van der Waals surface area contributed by atoms with Gasteiger partial charge < -0.3 is 25.1 Å². The van der Waals surface area contributed by atoms with Gasteiger partial charge in [0.2, 0.25) is 5.56 Å². The molecule has 10 nitrogen and oxygen atoms in total. The average molecular weight is 529 g/mol. The van der Waals surface area contributed by atoms with E-state index in [9.17, 15) is 9.59 Å². The third-order valence-electron chi connectivity index (χ3n) is 5.77. The molecule has 1 amide bonds. The lowest BCUT2D eigenvalue weighted by molar-refractivity contribution is 0.0954. The van der Waals surface area contributed by atoms with Gasteiger partial charge in [-0.3, -0.25) is 9.59 Å². The van der Waals surface area contributed by atoms with Crippen LogP contribution in [-0.4, -0.2) is 46.6 Å². The van der Waals surface area contributed by atoms with Gasteiger partial charge in [0.15, 0.2) is 23.1 Å². The summed E-state index contributed by atoms with van der Waals surface area (Å²) in [6, 6.07) is 16.0. The largest absolute Gasteiger partial charge is 0.493 e. The van der Waals surface area contributed by atoms with Gasteiger partial charge in [-0.15, -0.1) is 11.3 Å². The molecule has 0 aliphatic carbocycles. The topological polar surface area (TPSA) is 131 Å². The van der Waals surface area contributed by atoms with Crippen LogP contribution in [0, 0.1) is 0 Å². The van der Waals surface area contributed by atoms with E-state index in [2.05, 4.69) is 25.6 Å². The van der Waals surface area contributed by atoms with Crippen LogP contribution < -0.4 is 25.7 Å². The number of nitrogens with one attached hydrogen (secondary N) is 3. The highest BCUT2D eigenvalue weighted by Gasteiger charge is 2.15. The second-order valence-corrected chi connectivity index (χ2v) is 9.08. The van der Waals surface area contributed by atoms with E-state index in [1.54, 1.807) is 50.2 Å². The molecule has 0 radical (unpaired) electrons. The lowest BCUT2D eigenvalue weighted by atomic mass is 10.1. The van der Waals surface area contributed by atoms with Crippen molar-refractivity contribution in [1.29, 1.82) is 0 Å². The number of benzene rings is 2. The number of H-pyrrole nitrogens is 1. The minimum absolute atomic E-state index is 0.167. The van der Waals surface area contributed by atoms with Gasteiger partial charge in [-0.25, -0.2) is 15.0 Å². The molecule has 5 rings (SSSR count). The van der Waals surface area contributed by atoms with Gasteiger partial charge in [-0.1, -0.05) is 12.1 Å². The maximum atomic E-state index is 12.8. The summed E-state index contributed by atoms with van der Waals surface area (Å²) >= 11 is 1.40. The number of fused-ring (bicyclic) bond motifs is 1. The molecule has 0 aliphatic rings. The van der Waals surface area contributed by atoms with Gasteiger partial charge in [0.1, 0.15) is 10.3 Å². The maximum Gasteiger partial charge on any atom is 0.251 e. The molecule has 0 spiro atoms. The number of nitrogens with zero attached hydrogens (tertiary/aromatic N) is 3. The molecule has 0 saturated heterocycles. The number of carbonyl (C=O) groups excluding carboxylic acids is 1. The van der Waals surface area contributed by atoms with E-state index in [0.29, 0.717) is 57.6 Å². The van der Waals surface area contributed by atoms with E-state index >= 15 is 0 Å². The van der Waals surface area contributed by atoms with Crippen LogP contribution >= 0.6 is 11.3 Å². The van der Waals surface area contributed by atoms with E-state index in [0.717, 1.165) is 11.3 Å². The molecule has 0 atom stereocenters. The predicted molar refractivity (Wildman–Crippen MR) is 147 cm³/mol. The number of anilines is 2. The number of hydrogen-bond donors (Lipinski definition) is 3. The van der Waals surface area contributed by atoms with Crippen molar-refractivity contribution in [2.45, 2.75) is 6.42 Å². The number of pyridine rings is 1. The minimum Gasteiger partial charge on any atom is -0.493 e.